The largest absolute Gasteiger partial charge is 0.546 e. The standard InChI is InChI=1S/C15H10N2O3/c18-17(19)15-16-13(11-7-3-1-4-8-11)14(20-15)12-9-5-2-6-10-12/h1-10H. The summed E-state index contributed by atoms with van der Waals surface area (Å²) >= 11 is 0. The molecule has 0 amide bonds. The second kappa shape index (κ2) is 4.97. The highest BCUT2D eigenvalue weighted by atomic mass is 16.7. The van der Waals surface area contributed by atoms with Gasteiger partial charge in [0.25, 0.3) is 0 Å². The zero-order valence-electron chi connectivity index (χ0n) is 10.4. The van der Waals surface area contributed by atoms with Crippen molar-refractivity contribution in [3.05, 3.63) is 70.8 Å². The van der Waals surface area contributed by atoms with E-state index in [0.717, 1.165) is 11.1 Å². The normalized spacial score (nSPS) is 10.4. The maximum Gasteiger partial charge on any atom is 0.546 e. The van der Waals surface area contributed by atoms with Gasteiger partial charge in [-0.15, -0.1) is 0 Å². The molecule has 5 nitrogen and oxygen atoms in total. The first-order chi connectivity index (χ1) is 9.75. The van der Waals surface area contributed by atoms with Crippen LogP contribution in [0.3, 0.4) is 0 Å². The minimum atomic E-state index is -0.626. The van der Waals surface area contributed by atoms with Gasteiger partial charge in [0.1, 0.15) is 0 Å². The van der Waals surface area contributed by atoms with Gasteiger partial charge in [0, 0.05) is 21.0 Å². The fraction of sp³-hybridized carbons (Fsp3) is 0. The van der Waals surface area contributed by atoms with E-state index in [0.29, 0.717) is 11.5 Å². The first-order valence-electron chi connectivity index (χ1n) is 6.02. The van der Waals surface area contributed by atoms with Gasteiger partial charge in [-0.2, -0.15) is 0 Å². The summed E-state index contributed by atoms with van der Waals surface area (Å²) in [5.74, 6) is 0.406. The van der Waals surface area contributed by atoms with Crippen LogP contribution in [0.25, 0.3) is 22.6 Å². The summed E-state index contributed by atoms with van der Waals surface area (Å²) in [6.45, 7) is 0. The average Bonchev–Trinajstić information content (AvgIpc) is 2.94. The van der Waals surface area contributed by atoms with E-state index in [1.54, 1.807) is 0 Å². The van der Waals surface area contributed by atoms with E-state index in [-0.39, 0.29) is 0 Å². The molecule has 0 saturated heterocycles. The molecule has 1 aromatic heterocycles. The molecule has 0 radical (unpaired) electrons. The van der Waals surface area contributed by atoms with E-state index >= 15 is 0 Å². The van der Waals surface area contributed by atoms with Gasteiger partial charge >= 0.3 is 6.01 Å². The van der Waals surface area contributed by atoms with Gasteiger partial charge in [-0.1, -0.05) is 60.7 Å². The van der Waals surface area contributed by atoms with Crippen LogP contribution in [-0.4, -0.2) is 9.91 Å². The van der Waals surface area contributed by atoms with Crippen LogP contribution in [0.2, 0.25) is 0 Å². The predicted molar refractivity (Wildman–Crippen MR) is 74.0 cm³/mol. The maximum absolute atomic E-state index is 10.9. The molecule has 5 heteroatoms. The highest BCUT2D eigenvalue weighted by Crippen LogP contribution is 2.34. The van der Waals surface area contributed by atoms with Crippen molar-refractivity contribution in [2.24, 2.45) is 0 Å². The van der Waals surface area contributed by atoms with Crippen LogP contribution in [0.15, 0.2) is 65.1 Å². The molecule has 0 aliphatic rings. The smallest absolute Gasteiger partial charge is 0.381 e. The van der Waals surface area contributed by atoms with Gasteiger partial charge in [0.2, 0.25) is 5.69 Å². The van der Waals surface area contributed by atoms with Gasteiger partial charge in [-0.3, -0.25) is 0 Å². The molecule has 0 bridgehead atoms. The molecule has 1 heterocycles. The summed E-state index contributed by atoms with van der Waals surface area (Å²) in [4.78, 5) is 14.2. The Morgan fingerprint density at radius 1 is 0.900 bits per heavy atom. The van der Waals surface area contributed by atoms with Gasteiger partial charge < -0.3 is 14.5 Å². The van der Waals surface area contributed by atoms with Crippen LogP contribution >= 0.6 is 0 Å². The molecule has 0 N–H and O–H groups in total. The summed E-state index contributed by atoms with van der Waals surface area (Å²) in [6, 6.07) is 18.0. The molecular weight excluding hydrogens is 256 g/mol. The molecule has 0 aliphatic heterocycles. The van der Waals surface area contributed by atoms with E-state index < -0.39 is 10.9 Å². The summed E-state index contributed by atoms with van der Waals surface area (Å²) in [7, 11) is 0. The van der Waals surface area contributed by atoms with Crippen LogP contribution in [0.1, 0.15) is 0 Å². The Hall–Kier alpha value is -2.95. The lowest BCUT2D eigenvalue weighted by atomic mass is 10.1. The van der Waals surface area contributed by atoms with Crippen molar-refractivity contribution in [3.63, 3.8) is 0 Å². The topological polar surface area (TPSA) is 69.2 Å². The van der Waals surface area contributed by atoms with Gasteiger partial charge in [-0.05, 0) is 0 Å². The third kappa shape index (κ3) is 2.16. The monoisotopic (exact) mass is 266 g/mol. The number of hydrogen-bond donors (Lipinski definition) is 0. The van der Waals surface area contributed by atoms with E-state index in [1.807, 2.05) is 60.7 Å². The van der Waals surface area contributed by atoms with Crippen LogP contribution < -0.4 is 0 Å². The fourth-order valence-corrected chi connectivity index (χ4v) is 1.96. The lowest BCUT2D eigenvalue weighted by molar-refractivity contribution is -0.406. The Morgan fingerprint density at radius 2 is 1.45 bits per heavy atom. The molecular formula is C15H10N2O3. The number of rotatable bonds is 3. The summed E-state index contributed by atoms with van der Waals surface area (Å²) in [6.07, 6.45) is 0. The number of nitro groups is 1. The number of nitrogens with zero attached hydrogens (tertiary/aromatic N) is 2. The van der Waals surface area contributed by atoms with Crippen molar-refractivity contribution in [2.75, 3.05) is 0 Å². The first kappa shape index (κ1) is 12.1. The Labute approximate surface area is 114 Å². The molecule has 0 aliphatic carbocycles. The molecule has 0 fully saturated rings. The van der Waals surface area contributed by atoms with Crippen molar-refractivity contribution < 1.29 is 9.34 Å². The lowest BCUT2D eigenvalue weighted by Crippen LogP contribution is -1.87. The van der Waals surface area contributed by atoms with E-state index in [4.69, 9.17) is 4.42 Å². The second-order valence-corrected chi connectivity index (χ2v) is 4.16. The number of hydrogen-bond acceptors (Lipinski definition) is 4. The molecule has 2 aromatic carbocycles. The summed E-state index contributed by atoms with van der Waals surface area (Å²) in [5.41, 5.74) is 2.01. The highest BCUT2D eigenvalue weighted by molar-refractivity contribution is 5.77. The summed E-state index contributed by atoms with van der Waals surface area (Å²) < 4.78 is 5.31. The fourth-order valence-electron chi connectivity index (χ4n) is 1.96. The number of aromatic nitrogens is 1. The summed E-state index contributed by atoms with van der Waals surface area (Å²) in [5, 5.41) is 10.9. The quantitative estimate of drug-likeness (QED) is 0.532. The molecule has 0 spiro atoms. The molecule has 0 unspecified atom stereocenters. The third-order valence-electron chi connectivity index (χ3n) is 2.86. The first-order valence-corrected chi connectivity index (χ1v) is 6.02. The lowest BCUT2D eigenvalue weighted by Gasteiger charge is -1.97. The molecule has 20 heavy (non-hydrogen) atoms. The van der Waals surface area contributed by atoms with Crippen LogP contribution in [0.4, 0.5) is 6.01 Å². The third-order valence-corrected chi connectivity index (χ3v) is 2.86. The zero-order chi connectivity index (χ0) is 13.9. The van der Waals surface area contributed by atoms with Gasteiger partial charge in [-0.25, -0.2) is 0 Å². The predicted octanol–water partition coefficient (Wildman–Crippen LogP) is 3.92. The number of benzene rings is 2. The molecule has 0 atom stereocenters. The van der Waals surface area contributed by atoms with Crippen molar-refractivity contribution in [2.45, 2.75) is 0 Å². The minimum absolute atomic E-state index is 0.406. The Balaban J connectivity index is 2.20. The Kier molecular flexibility index (Phi) is 3.01. The van der Waals surface area contributed by atoms with E-state index in [1.165, 1.54) is 0 Å². The van der Waals surface area contributed by atoms with Crippen LogP contribution in [0, 0.1) is 10.1 Å². The van der Waals surface area contributed by atoms with Crippen LogP contribution in [0.5, 0.6) is 0 Å². The minimum Gasteiger partial charge on any atom is -0.381 e. The second-order valence-electron chi connectivity index (χ2n) is 4.16. The molecule has 0 saturated carbocycles. The Bertz CT molecular complexity index is 679. The molecule has 98 valence electrons. The SMILES string of the molecule is O=[N+]([O-])c1nc(-c2ccccc2)c(-c2ccccc2)o1. The zero-order valence-corrected chi connectivity index (χ0v) is 10.4. The van der Waals surface area contributed by atoms with Crippen molar-refractivity contribution >= 4 is 6.01 Å². The molecule has 3 rings (SSSR count). The molecule has 3 aromatic rings. The van der Waals surface area contributed by atoms with Crippen molar-refractivity contribution in [1.82, 2.24) is 4.98 Å². The van der Waals surface area contributed by atoms with E-state index in [2.05, 4.69) is 4.98 Å². The Morgan fingerprint density at radius 3 is 2.00 bits per heavy atom. The maximum atomic E-state index is 10.9. The highest BCUT2D eigenvalue weighted by Gasteiger charge is 2.25. The van der Waals surface area contributed by atoms with Gasteiger partial charge in [0.15, 0.2) is 5.76 Å². The number of oxazole rings is 1. The average molecular weight is 266 g/mol. The van der Waals surface area contributed by atoms with Crippen LogP contribution in [-0.2, 0) is 0 Å². The van der Waals surface area contributed by atoms with Gasteiger partial charge in [0.05, 0.1) is 0 Å². The van der Waals surface area contributed by atoms with Crippen molar-refractivity contribution in [3.8, 4) is 22.6 Å². The van der Waals surface area contributed by atoms with E-state index in [9.17, 15) is 10.1 Å². The van der Waals surface area contributed by atoms with Crippen molar-refractivity contribution in [1.29, 1.82) is 0 Å².